The predicted molar refractivity (Wildman–Crippen MR) is 104 cm³/mol. The van der Waals surface area contributed by atoms with Crippen molar-refractivity contribution >= 4 is 16.8 Å². The molecule has 0 atom stereocenters. The minimum absolute atomic E-state index is 0.228. The first kappa shape index (κ1) is 17.4. The molecule has 1 fully saturated rings. The van der Waals surface area contributed by atoms with E-state index in [9.17, 15) is 4.79 Å². The van der Waals surface area contributed by atoms with Crippen molar-refractivity contribution in [2.75, 3.05) is 33.4 Å². The highest BCUT2D eigenvalue weighted by Gasteiger charge is 2.24. The van der Waals surface area contributed by atoms with Crippen molar-refractivity contribution in [2.45, 2.75) is 12.8 Å². The maximum Gasteiger partial charge on any atom is 0.226 e. The molecule has 0 saturated carbocycles. The summed E-state index contributed by atoms with van der Waals surface area (Å²) in [6.45, 7) is 2.86. The number of nitrogens with zero attached hydrogens (tertiary/aromatic N) is 3. The van der Waals surface area contributed by atoms with E-state index in [2.05, 4.69) is 9.88 Å². The second-order valence-corrected chi connectivity index (χ2v) is 6.66. The van der Waals surface area contributed by atoms with E-state index >= 15 is 0 Å². The number of methoxy groups -OCH3 is 1. The second kappa shape index (κ2) is 7.70. The Bertz CT molecular complexity index is 907. The summed E-state index contributed by atoms with van der Waals surface area (Å²) in [4.78, 5) is 20.4. The highest BCUT2D eigenvalue weighted by Crippen LogP contribution is 2.27. The van der Waals surface area contributed by atoms with Crippen LogP contribution in [0.4, 0.5) is 0 Å². The molecule has 2 aromatic rings. The summed E-state index contributed by atoms with van der Waals surface area (Å²) in [5.41, 5.74) is 1.92. The quantitative estimate of drug-likeness (QED) is 0.788. The van der Waals surface area contributed by atoms with Crippen molar-refractivity contribution in [3.8, 4) is 11.5 Å². The van der Waals surface area contributed by atoms with Crippen molar-refractivity contribution < 1.29 is 14.3 Å². The molecule has 0 aliphatic carbocycles. The van der Waals surface area contributed by atoms with Gasteiger partial charge in [0, 0.05) is 36.3 Å². The molecule has 2 aliphatic heterocycles. The van der Waals surface area contributed by atoms with Crippen LogP contribution in [0.5, 0.6) is 11.5 Å². The van der Waals surface area contributed by atoms with Gasteiger partial charge in [-0.1, -0.05) is 0 Å². The molecule has 0 radical (unpaired) electrons. The van der Waals surface area contributed by atoms with Crippen LogP contribution in [0.15, 0.2) is 54.5 Å². The summed E-state index contributed by atoms with van der Waals surface area (Å²) in [7, 11) is 1.64. The van der Waals surface area contributed by atoms with E-state index in [1.165, 1.54) is 0 Å². The van der Waals surface area contributed by atoms with Crippen LogP contribution in [0.3, 0.4) is 0 Å². The number of ether oxygens (including phenoxy) is 2. The first-order chi connectivity index (χ1) is 13.2. The van der Waals surface area contributed by atoms with Gasteiger partial charge in [0.05, 0.1) is 25.7 Å². The van der Waals surface area contributed by atoms with Gasteiger partial charge in [-0.25, -0.2) is 0 Å². The molecule has 6 nitrogen and oxygen atoms in total. The van der Waals surface area contributed by atoms with Gasteiger partial charge in [0.25, 0.3) is 0 Å². The zero-order chi connectivity index (χ0) is 18.6. The van der Waals surface area contributed by atoms with Gasteiger partial charge in [-0.05, 0) is 43.0 Å². The van der Waals surface area contributed by atoms with Gasteiger partial charge in [-0.3, -0.25) is 9.78 Å². The lowest BCUT2D eigenvalue weighted by Gasteiger charge is -2.29. The number of carbonyl (C=O) groups excluding carboxylic acids is 1. The summed E-state index contributed by atoms with van der Waals surface area (Å²) in [6, 6.07) is 7.67. The number of pyridine rings is 1. The van der Waals surface area contributed by atoms with Crippen molar-refractivity contribution in [3.63, 3.8) is 0 Å². The Morgan fingerprint density at radius 2 is 2.19 bits per heavy atom. The number of carbonyl (C=O) groups is 1. The fourth-order valence-corrected chi connectivity index (χ4v) is 3.50. The molecule has 1 aromatic heterocycles. The number of hydrogen-bond donors (Lipinski definition) is 0. The van der Waals surface area contributed by atoms with Gasteiger partial charge in [0.1, 0.15) is 18.1 Å². The summed E-state index contributed by atoms with van der Waals surface area (Å²) >= 11 is 0. The maximum atomic E-state index is 12.0. The number of hydrogen-bond acceptors (Lipinski definition) is 5. The number of rotatable bonds is 6. The normalized spacial score (nSPS) is 16.8. The van der Waals surface area contributed by atoms with Crippen molar-refractivity contribution in [1.82, 2.24) is 14.8 Å². The predicted octanol–water partition coefficient (Wildman–Crippen LogP) is 2.96. The van der Waals surface area contributed by atoms with Gasteiger partial charge in [0.15, 0.2) is 0 Å². The molecule has 0 bridgehead atoms. The van der Waals surface area contributed by atoms with Gasteiger partial charge in [-0.15, -0.1) is 0 Å². The average Bonchev–Trinajstić information content (AvgIpc) is 3.14. The molecule has 1 saturated heterocycles. The third kappa shape index (κ3) is 3.74. The fourth-order valence-electron chi connectivity index (χ4n) is 3.50. The van der Waals surface area contributed by atoms with Gasteiger partial charge >= 0.3 is 0 Å². The molecule has 0 N–H and O–H groups in total. The monoisotopic (exact) mass is 365 g/mol. The highest BCUT2D eigenvalue weighted by atomic mass is 16.5. The molecule has 1 aromatic carbocycles. The summed E-state index contributed by atoms with van der Waals surface area (Å²) in [6.07, 6.45) is 9.43. The lowest BCUT2D eigenvalue weighted by molar-refractivity contribution is -0.126. The molecule has 1 amide bonds. The second-order valence-electron chi connectivity index (χ2n) is 6.66. The Morgan fingerprint density at radius 1 is 1.26 bits per heavy atom. The number of amides is 1. The molecule has 2 aliphatic rings. The third-order valence-electron chi connectivity index (χ3n) is 4.92. The lowest BCUT2D eigenvalue weighted by Crippen LogP contribution is -2.34. The van der Waals surface area contributed by atoms with E-state index in [1.54, 1.807) is 13.3 Å². The summed E-state index contributed by atoms with van der Waals surface area (Å²) < 4.78 is 11.3. The van der Waals surface area contributed by atoms with E-state index in [0.29, 0.717) is 13.0 Å². The maximum absolute atomic E-state index is 12.0. The van der Waals surface area contributed by atoms with E-state index in [1.807, 2.05) is 47.5 Å². The van der Waals surface area contributed by atoms with Crippen LogP contribution in [0.2, 0.25) is 0 Å². The molecular weight excluding hydrogens is 342 g/mol. The molecule has 140 valence electrons. The summed E-state index contributed by atoms with van der Waals surface area (Å²) in [5.74, 6) is 1.82. The molecule has 6 heteroatoms. The zero-order valence-electron chi connectivity index (χ0n) is 15.4. The highest BCUT2D eigenvalue weighted by molar-refractivity contribution is 5.86. The standard InChI is InChI=1S/C21H23N3O3/c1-26-17-6-7-18-19(14-17)22-9-8-20(18)27-13-12-23-10-2-4-16(15-23)24-11-3-5-21(24)25/h2,4,6-10,14H,3,5,11-13,15H2,1H3. The number of benzene rings is 1. The lowest BCUT2D eigenvalue weighted by atomic mass is 10.2. The average molecular weight is 365 g/mol. The van der Waals surface area contributed by atoms with Crippen molar-refractivity contribution in [2.24, 2.45) is 0 Å². The van der Waals surface area contributed by atoms with Gasteiger partial charge in [-0.2, -0.15) is 0 Å². The fraction of sp³-hybridized carbons (Fsp3) is 0.333. The molecule has 4 rings (SSSR count). The number of aromatic nitrogens is 1. The largest absolute Gasteiger partial charge is 0.497 e. The van der Waals surface area contributed by atoms with Crippen molar-refractivity contribution in [1.29, 1.82) is 0 Å². The zero-order valence-corrected chi connectivity index (χ0v) is 15.4. The van der Waals surface area contributed by atoms with Crippen LogP contribution >= 0.6 is 0 Å². The molecular formula is C21H23N3O3. The molecule has 0 unspecified atom stereocenters. The van der Waals surface area contributed by atoms with E-state index in [4.69, 9.17) is 9.47 Å². The Balaban J connectivity index is 1.36. The van der Waals surface area contributed by atoms with Crippen LogP contribution in [0, 0.1) is 0 Å². The first-order valence-electron chi connectivity index (χ1n) is 9.22. The van der Waals surface area contributed by atoms with Crippen molar-refractivity contribution in [3.05, 3.63) is 54.5 Å². The number of allylic oxidation sites excluding steroid dienone is 2. The van der Waals surface area contributed by atoms with Gasteiger partial charge < -0.3 is 19.3 Å². The SMILES string of the molecule is COc1ccc2c(OCCN3C=CC=C(N4CCCC4=O)C3)ccnc2c1. The van der Waals surface area contributed by atoms with Crippen LogP contribution < -0.4 is 9.47 Å². The van der Waals surface area contributed by atoms with E-state index in [-0.39, 0.29) is 5.91 Å². The molecule has 0 spiro atoms. The smallest absolute Gasteiger partial charge is 0.226 e. The van der Waals surface area contributed by atoms with Gasteiger partial charge in [0.2, 0.25) is 5.91 Å². The van der Waals surface area contributed by atoms with Crippen LogP contribution in [0.25, 0.3) is 10.9 Å². The van der Waals surface area contributed by atoms with Crippen LogP contribution in [-0.4, -0.2) is 54.0 Å². The minimum atomic E-state index is 0.228. The topological polar surface area (TPSA) is 54.9 Å². The Labute approximate surface area is 158 Å². The molecule has 27 heavy (non-hydrogen) atoms. The van der Waals surface area contributed by atoms with Crippen LogP contribution in [0.1, 0.15) is 12.8 Å². The minimum Gasteiger partial charge on any atom is -0.497 e. The Kier molecular flexibility index (Phi) is 4.96. The summed E-state index contributed by atoms with van der Waals surface area (Å²) in [5, 5.41) is 0.968. The van der Waals surface area contributed by atoms with E-state index < -0.39 is 0 Å². The Hall–Kier alpha value is -3.02. The van der Waals surface area contributed by atoms with E-state index in [0.717, 1.165) is 54.2 Å². The first-order valence-corrected chi connectivity index (χ1v) is 9.22. The Morgan fingerprint density at radius 3 is 3.00 bits per heavy atom. The third-order valence-corrected chi connectivity index (χ3v) is 4.92. The number of likely N-dealkylation sites (tertiary alicyclic amines) is 1. The van der Waals surface area contributed by atoms with Crippen LogP contribution in [-0.2, 0) is 4.79 Å². The molecule has 3 heterocycles. The number of fused-ring (bicyclic) bond motifs is 1.